The predicted molar refractivity (Wildman–Crippen MR) is 80.7 cm³/mol. The topological polar surface area (TPSA) is 26.3 Å². The van der Waals surface area contributed by atoms with Crippen LogP contribution in [-0.4, -0.2) is 18.3 Å². The first kappa shape index (κ1) is 18.8. The third-order valence-corrected chi connectivity index (χ3v) is 3.37. The standard InChI is InChI=1S/C16H20ClF3O2/c1-2-3-4-5-10-22-12-6-7-13(15(21)8-9-17)14(11-12)16(18,19)20/h6-7,11H,2-5,8-10H2,1H3. The minimum atomic E-state index is -4.60. The van der Waals surface area contributed by atoms with E-state index in [1.54, 1.807) is 0 Å². The second-order valence-corrected chi connectivity index (χ2v) is 5.35. The van der Waals surface area contributed by atoms with E-state index in [-0.39, 0.29) is 23.6 Å². The average Bonchev–Trinajstić information content (AvgIpc) is 2.46. The molecule has 0 saturated heterocycles. The van der Waals surface area contributed by atoms with Crippen molar-refractivity contribution < 1.29 is 22.7 Å². The Hall–Kier alpha value is -1.23. The molecule has 2 nitrogen and oxygen atoms in total. The summed E-state index contributed by atoms with van der Waals surface area (Å²) in [4.78, 5) is 11.7. The number of ether oxygens (including phenoxy) is 1. The van der Waals surface area contributed by atoms with Gasteiger partial charge < -0.3 is 4.74 Å². The van der Waals surface area contributed by atoms with Crippen molar-refractivity contribution in [1.82, 2.24) is 0 Å². The Labute approximate surface area is 133 Å². The summed E-state index contributed by atoms with van der Waals surface area (Å²) in [5, 5.41) is 0. The van der Waals surface area contributed by atoms with Gasteiger partial charge in [-0.2, -0.15) is 13.2 Å². The summed E-state index contributed by atoms with van der Waals surface area (Å²) in [6.07, 6.45) is -0.795. The molecule has 124 valence electrons. The van der Waals surface area contributed by atoms with Gasteiger partial charge in [-0.05, 0) is 24.6 Å². The third-order valence-electron chi connectivity index (χ3n) is 3.19. The van der Waals surface area contributed by atoms with Gasteiger partial charge in [-0.15, -0.1) is 11.6 Å². The van der Waals surface area contributed by atoms with Gasteiger partial charge in [0.05, 0.1) is 12.2 Å². The zero-order chi connectivity index (χ0) is 16.6. The molecule has 0 radical (unpaired) electrons. The number of halogens is 4. The lowest BCUT2D eigenvalue weighted by Gasteiger charge is -2.14. The number of hydrogen-bond acceptors (Lipinski definition) is 2. The first-order valence-corrected chi connectivity index (χ1v) is 7.86. The Morgan fingerprint density at radius 3 is 2.55 bits per heavy atom. The van der Waals surface area contributed by atoms with E-state index >= 15 is 0 Å². The van der Waals surface area contributed by atoms with Gasteiger partial charge in [-0.3, -0.25) is 4.79 Å². The lowest BCUT2D eigenvalue weighted by molar-refractivity contribution is -0.138. The van der Waals surface area contributed by atoms with Gasteiger partial charge >= 0.3 is 6.18 Å². The number of unbranched alkanes of at least 4 members (excludes halogenated alkanes) is 3. The van der Waals surface area contributed by atoms with Crippen molar-refractivity contribution in [1.29, 1.82) is 0 Å². The molecule has 1 aromatic carbocycles. The van der Waals surface area contributed by atoms with Crippen LogP contribution in [0.4, 0.5) is 13.2 Å². The van der Waals surface area contributed by atoms with Crippen LogP contribution in [0.5, 0.6) is 5.75 Å². The molecule has 22 heavy (non-hydrogen) atoms. The average molecular weight is 337 g/mol. The number of Topliss-reactive ketones (excluding diaryl/α,β-unsaturated/α-hetero) is 1. The van der Waals surface area contributed by atoms with Crippen molar-refractivity contribution in [3.05, 3.63) is 29.3 Å². The molecule has 0 aromatic heterocycles. The van der Waals surface area contributed by atoms with E-state index in [0.29, 0.717) is 6.61 Å². The smallest absolute Gasteiger partial charge is 0.417 e. The minimum Gasteiger partial charge on any atom is -0.494 e. The largest absolute Gasteiger partial charge is 0.494 e. The number of benzene rings is 1. The van der Waals surface area contributed by atoms with E-state index in [1.165, 1.54) is 12.1 Å². The fourth-order valence-electron chi connectivity index (χ4n) is 2.03. The van der Waals surface area contributed by atoms with Crippen molar-refractivity contribution in [2.75, 3.05) is 12.5 Å². The Morgan fingerprint density at radius 2 is 1.95 bits per heavy atom. The van der Waals surface area contributed by atoms with Crippen molar-refractivity contribution in [3.8, 4) is 5.75 Å². The highest BCUT2D eigenvalue weighted by Gasteiger charge is 2.35. The van der Waals surface area contributed by atoms with Gasteiger partial charge in [0.1, 0.15) is 5.75 Å². The van der Waals surface area contributed by atoms with E-state index in [1.807, 2.05) is 0 Å². The lowest BCUT2D eigenvalue weighted by atomic mass is 10.0. The fraction of sp³-hybridized carbons (Fsp3) is 0.562. The second-order valence-electron chi connectivity index (χ2n) is 4.98. The normalized spacial score (nSPS) is 11.5. The van der Waals surface area contributed by atoms with Gasteiger partial charge in [-0.25, -0.2) is 0 Å². The SMILES string of the molecule is CCCCCCOc1ccc(C(=O)CCCl)c(C(F)(F)F)c1. The Morgan fingerprint density at radius 1 is 1.23 bits per heavy atom. The van der Waals surface area contributed by atoms with Crippen molar-refractivity contribution in [2.45, 2.75) is 45.2 Å². The number of ketones is 1. The zero-order valence-corrected chi connectivity index (χ0v) is 13.3. The third kappa shape index (κ3) is 5.87. The second kappa shape index (κ2) is 9.03. The van der Waals surface area contributed by atoms with Crippen LogP contribution in [0.25, 0.3) is 0 Å². The molecule has 0 fully saturated rings. The highest BCUT2D eigenvalue weighted by Crippen LogP contribution is 2.35. The van der Waals surface area contributed by atoms with E-state index in [4.69, 9.17) is 16.3 Å². The predicted octanol–water partition coefficient (Wildman–Crippen LogP) is 5.48. The van der Waals surface area contributed by atoms with E-state index in [9.17, 15) is 18.0 Å². The molecule has 0 unspecified atom stereocenters. The van der Waals surface area contributed by atoms with Gasteiger partial charge in [0.15, 0.2) is 5.78 Å². The van der Waals surface area contributed by atoms with E-state index in [0.717, 1.165) is 31.7 Å². The quantitative estimate of drug-likeness (QED) is 0.339. The molecule has 0 aliphatic heterocycles. The molecular weight excluding hydrogens is 317 g/mol. The number of rotatable bonds is 9. The highest BCUT2D eigenvalue weighted by atomic mass is 35.5. The van der Waals surface area contributed by atoms with Gasteiger partial charge in [0, 0.05) is 17.9 Å². The lowest BCUT2D eigenvalue weighted by Crippen LogP contribution is -2.14. The van der Waals surface area contributed by atoms with Gasteiger partial charge in [0.25, 0.3) is 0 Å². The zero-order valence-electron chi connectivity index (χ0n) is 12.5. The first-order chi connectivity index (χ1) is 10.4. The van der Waals surface area contributed by atoms with E-state index < -0.39 is 17.5 Å². The summed E-state index contributed by atoms with van der Waals surface area (Å²) in [6, 6.07) is 3.46. The van der Waals surface area contributed by atoms with E-state index in [2.05, 4.69) is 6.92 Å². The molecule has 0 N–H and O–H groups in total. The monoisotopic (exact) mass is 336 g/mol. The number of carbonyl (C=O) groups is 1. The van der Waals surface area contributed by atoms with Crippen molar-refractivity contribution in [3.63, 3.8) is 0 Å². The molecule has 0 aliphatic carbocycles. The molecule has 1 aromatic rings. The summed E-state index contributed by atoms with van der Waals surface area (Å²) >= 11 is 5.43. The van der Waals surface area contributed by atoms with Crippen molar-refractivity contribution in [2.24, 2.45) is 0 Å². The van der Waals surface area contributed by atoms with Crippen LogP contribution in [0.15, 0.2) is 18.2 Å². The molecular formula is C16H20ClF3O2. The van der Waals surface area contributed by atoms with Crippen LogP contribution in [0, 0.1) is 0 Å². The molecule has 0 atom stereocenters. The van der Waals surface area contributed by atoms with Crippen molar-refractivity contribution >= 4 is 17.4 Å². The van der Waals surface area contributed by atoms with Gasteiger partial charge in [0.2, 0.25) is 0 Å². The summed E-state index contributed by atoms with van der Waals surface area (Å²) in [7, 11) is 0. The molecule has 1 rings (SSSR count). The fourth-order valence-corrected chi connectivity index (χ4v) is 2.20. The molecule has 0 heterocycles. The molecule has 0 spiro atoms. The highest BCUT2D eigenvalue weighted by molar-refractivity contribution is 6.19. The number of alkyl halides is 4. The van der Waals surface area contributed by atoms with Crippen LogP contribution in [0.2, 0.25) is 0 Å². The van der Waals surface area contributed by atoms with Crippen LogP contribution < -0.4 is 4.74 Å². The molecule has 0 saturated carbocycles. The first-order valence-electron chi connectivity index (χ1n) is 7.33. The van der Waals surface area contributed by atoms with Crippen LogP contribution >= 0.6 is 11.6 Å². The van der Waals surface area contributed by atoms with Gasteiger partial charge in [-0.1, -0.05) is 26.2 Å². The molecule has 6 heteroatoms. The summed E-state index contributed by atoms with van der Waals surface area (Å²) in [5.74, 6) is -0.491. The van der Waals surface area contributed by atoms with Crippen LogP contribution in [-0.2, 0) is 6.18 Å². The number of hydrogen-bond donors (Lipinski definition) is 0. The molecule has 0 bridgehead atoms. The Bertz CT molecular complexity index is 487. The maximum absolute atomic E-state index is 13.1. The van der Waals surface area contributed by atoms with Crippen LogP contribution in [0.3, 0.4) is 0 Å². The summed E-state index contributed by atoms with van der Waals surface area (Å²) in [5.41, 5.74) is -1.32. The minimum absolute atomic E-state index is 0.00812. The Kier molecular flexibility index (Phi) is 7.73. The Balaban J connectivity index is 2.84. The maximum atomic E-state index is 13.1. The number of carbonyl (C=O) groups excluding carboxylic acids is 1. The van der Waals surface area contributed by atoms with Crippen LogP contribution in [0.1, 0.15) is 54.9 Å². The summed E-state index contributed by atoms with van der Waals surface area (Å²) < 4.78 is 44.6. The molecule has 0 aliphatic rings. The summed E-state index contributed by atoms with van der Waals surface area (Å²) in [6.45, 7) is 2.44. The maximum Gasteiger partial charge on any atom is 0.417 e. The molecule has 0 amide bonds.